The molecule has 6 rings (SSSR count). The van der Waals surface area contributed by atoms with Gasteiger partial charge < -0.3 is 20.1 Å². The molecule has 2 aliphatic rings. The fourth-order valence-electron chi connectivity index (χ4n) is 9.05. The third-order valence-electron chi connectivity index (χ3n) is 12.4. The van der Waals surface area contributed by atoms with Crippen LogP contribution in [0.4, 0.5) is 11.4 Å². The zero-order chi connectivity index (χ0) is 45.6. The summed E-state index contributed by atoms with van der Waals surface area (Å²) >= 11 is 12.5. The van der Waals surface area contributed by atoms with Gasteiger partial charge in [-0.3, -0.25) is 19.2 Å². The highest BCUT2D eigenvalue weighted by atomic mass is 35.5. The maximum atomic E-state index is 15.2. The minimum Gasteiger partial charge on any atom is -0.465 e. The average Bonchev–Trinajstić information content (AvgIpc) is 3.81. The van der Waals surface area contributed by atoms with E-state index >= 15 is 14.4 Å². The second-order valence-electron chi connectivity index (χ2n) is 17.3. The van der Waals surface area contributed by atoms with E-state index in [0.717, 1.165) is 75.3 Å². The lowest BCUT2D eigenvalue weighted by Gasteiger charge is -2.33. The number of rotatable bonds is 22. The number of fused-ring (bicyclic) bond motifs is 1. The summed E-state index contributed by atoms with van der Waals surface area (Å²) in [6.07, 6.45) is 12.0. The van der Waals surface area contributed by atoms with Gasteiger partial charge in [-0.2, -0.15) is 0 Å². The Balaban J connectivity index is 1.50. The first-order chi connectivity index (χ1) is 31.0. The van der Waals surface area contributed by atoms with Gasteiger partial charge in [-0.15, -0.1) is 0 Å². The molecule has 2 aliphatic heterocycles. The van der Waals surface area contributed by atoms with Crippen LogP contribution in [0.25, 0.3) is 0 Å². The molecule has 10 nitrogen and oxygen atoms in total. The van der Waals surface area contributed by atoms with Gasteiger partial charge in [-0.25, -0.2) is 10.0 Å². The number of esters is 2. The van der Waals surface area contributed by atoms with Gasteiger partial charge >= 0.3 is 11.9 Å². The van der Waals surface area contributed by atoms with E-state index in [1.807, 2.05) is 62.4 Å². The molecule has 342 valence electrons. The molecule has 0 bridgehead atoms. The van der Waals surface area contributed by atoms with E-state index in [1.54, 1.807) is 58.5 Å². The van der Waals surface area contributed by atoms with Crippen LogP contribution in [-0.4, -0.2) is 59.1 Å². The highest BCUT2D eigenvalue weighted by Gasteiger charge is 2.68. The molecule has 0 unspecified atom stereocenters. The first kappa shape index (κ1) is 48.7. The highest BCUT2D eigenvalue weighted by molar-refractivity contribution is 6.31. The van der Waals surface area contributed by atoms with E-state index in [4.69, 9.17) is 32.7 Å². The molecular weight excluding hydrogens is 847 g/mol. The van der Waals surface area contributed by atoms with E-state index in [2.05, 4.69) is 24.5 Å². The topological polar surface area (TPSA) is 117 Å². The number of unbranched alkanes of at least 4 members (excludes halogenated alkanes) is 10. The number of halogens is 2. The van der Waals surface area contributed by atoms with Gasteiger partial charge in [0, 0.05) is 21.4 Å². The number of anilines is 2. The number of hydrogen-bond acceptors (Lipinski definition) is 8. The zero-order valence-corrected chi connectivity index (χ0v) is 39.2. The van der Waals surface area contributed by atoms with E-state index in [0.29, 0.717) is 45.4 Å². The van der Waals surface area contributed by atoms with Gasteiger partial charge in [0.25, 0.3) is 0 Å². The van der Waals surface area contributed by atoms with Crippen molar-refractivity contribution in [1.29, 1.82) is 0 Å². The standard InChI is InChI=1S/C52H64Cl2N4O6/c1-5-7-9-11-13-15-33-63-51(61)44-46(38-23-19-36(4)20-24-38)58-48(52(62)64-34-16-14-12-10-8-6-2)43(49(59)55-41-29-25-39(53)26-30-41)45(37-21-17-35(3)18-22-37)57(58)47(44)50(60)56-42-31-27-40(54)28-32-42/h17-32,43-48H,5-16,33-34H2,1-4H3,(H,55,59)(H,56,60)/t43-,44-,45+,46+,47+,48+/m0/s1. The van der Waals surface area contributed by atoms with Crippen LogP contribution in [-0.2, 0) is 28.7 Å². The van der Waals surface area contributed by atoms with Gasteiger partial charge in [0.2, 0.25) is 11.8 Å². The fraction of sp³-hybridized carbons (Fsp3) is 0.462. The van der Waals surface area contributed by atoms with Crippen molar-refractivity contribution >= 4 is 58.3 Å². The molecule has 64 heavy (non-hydrogen) atoms. The van der Waals surface area contributed by atoms with E-state index < -0.39 is 59.8 Å². The molecule has 12 heteroatoms. The Bertz CT molecular complexity index is 2130. The van der Waals surface area contributed by atoms with Gasteiger partial charge in [-0.1, -0.05) is 161 Å². The monoisotopic (exact) mass is 910 g/mol. The van der Waals surface area contributed by atoms with Crippen LogP contribution in [0.15, 0.2) is 97.1 Å². The summed E-state index contributed by atoms with van der Waals surface area (Å²) in [5.41, 5.74) is 4.31. The van der Waals surface area contributed by atoms with Crippen molar-refractivity contribution in [3.05, 3.63) is 129 Å². The maximum absolute atomic E-state index is 15.2. The SMILES string of the molecule is CCCCCCCCOC(=O)[C@H]1[C@@H](c2ccc(C)cc2)N2[C@@H](C(=O)OCCCCCCCC)[C@@H](C(=O)Nc3ccc(Cl)cc3)[C@@H](c3ccc(C)cc3)N2[C@H]1C(=O)Nc1ccc(Cl)cc1. The maximum Gasteiger partial charge on any atom is 0.325 e. The summed E-state index contributed by atoms with van der Waals surface area (Å²) in [7, 11) is 0. The molecule has 2 N–H and O–H groups in total. The van der Waals surface area contributed by atoms with E-state index in [1.165, 1.54) is 0 Å². The summed E-state index contributed by atoms with van der Waals surface area (Å²) < 4.78 is 12.3. The van der Waals surface area contributed by atoms with Crippen molar-refractivity contribution < 1.29 is 28.7 Å². The van der Waals surface area contributed by atoms with Crippen molar-refractivity contribution in [3.63, 3.8) is 0 Å². The number of carbonyl (C=O) groups is 4. The Morgan fingerprint density at radius 3 is 1.34 bits per heavy atom. The number of benzene rings is 4. The first-order valence-electron chi connectivity index (χ1n) is 23.2. The Morgan fingerprint density at radius 1 is 0.484 bits per heavy atom. The second-order valence-corrected chi connectivity index (χ2v) is 18.1. The number of nitrogens with one attached hydrogen (secondary N) is 2. The Hall–Kier alpha value is -4.74. The van der Waals surface area contributed by atoms with Crippen molar-refractivity contribution in [2.24, 2.45) is 11.8 Å². The minimum atomic E-state index is -1.26. The predicted molar refractivity (Wildman–Crippen MR) is 255 cm³/mol. The predicted octanol–water partition coefficient (Wildman–Crippen LogP) is 12.0. The van der Waals surface area contributed by atoms with Crippen molar-refractivity contribution in [3.8, 4) is 0 Å². The largest absolute Gasteiger partial charge is 0.465 e. The molecule has 2 fully saturated rings. The number of amides is 2. The molecule has 0 saturated carbocycles. The molecule has 0 radical (unpaired) electrons. The molecule has 0 spiro atoms. The van der Waals surface area contributed by atoms with E-state index in [-0.39, 0.29) is 13.2 Å². The number of carbonyl (C=O) groups excluding carboxylic acids is 4. The van der Waals surface area contributed by atoms with Gasteiger partial charge in [0.1, 0.15) is 18.0 Å². The summed E-state index contributed by atoms with van der Waals surface area (Å²) in [6, 6.07) is 24.7. The lowest BCUT2D eigenvalue weighted by atomic mass is 9.81. The summed E-state index contributed by atoms with van der Waals surface area (Å²) in [5.74, 6) is -4.37. The molecule has 2 heterocycles. The Morgan fingerprint density at radius 2 is 0.875 bits per heavy atom. The molecule has 4 aromatic carbocycles. The van der Waals surface area contributed by atoms with Crippen LogP contribution >= 0.6 is 23.2 Å². The smallest absolute Gasteiger partial charge is 0.325 e. The van der Waals surface area contributed by atoms with Crippen LogP contribution in [0.3, 0.4) is 0 Å². The summed E-state index contributed by atoms with van der Waals surface area (Å²) in [5, 5.41) is 10.7. The number of hydrogen-bond donors (Lipinski definition) is 2. The van der Waals surface area contributed by atoms with Crippen LogP contribution < -0.4 is 10.6 Å². The molecule has 4 aromatic rings. The third-order valence-corrected chi connectivity index (χ3v) is 12.9. The fourth-order valence-corrected chi connectivity index (χ4v) is 9.31. The van der Waals surface area contributed by atoms with Gasteiger partial charge in [0.15, 0.2) is 0 Å². The average molecular weight is 912 g/mol. The van der Waals surface area contributed by atoms with Crippen molar-refractivity contribution in [2.45, 2.75) is 129 Å². The number of hydrazine groups is 1. The molecule has 2 saturated heterocycles. The molecular formula is C52H64Cl2N4O6. The van der Waals surface area contributed by atoms with Crippen molar-refractivity contribution in [1.82, 2.24) is 10.0 Å². The van der Waals surface area contributed by atoms with Crippen LogP contribution in [0.5, 0.6) is 0 Å². The van der Waals surface area contributed by atoms with Gasteiger partial charge in [0.05, 0.1) is 31.2 Å². The lowest BCUT2D eigenvalue weighted by Crippen LogP contribution is -2.48. The van der Waals surface area contributed by atoms with E-state index in [9.17, 15) is 4.79 Å². The van der Waals surface area contributed by atoms with Gasteiger partial charge in [-0.05, 0) is 86.3 Å². The summed E-state index contributed by atoms with van der Waals surface area (Å²) in [6.45, 7) is 8.64. The quantitative estimate of drug-likeness (QED) is 0.0591. The lowest BCUT2D eigenvalue weighted by molar-refractivity contribution is -0.158. The Labute approximate surface area is 389 Å². The molecule has 0 aromatic heterocycles. The minimum absolute atomic E-state index is 0.162. The molecule has 6 atom stereocenters. The van der Waals surface area contributed by atoms with Crippen LogP contribution in [0.1, 0.15) is 125 Å². The van der Waals surface area contributed by atoms with Crippen molar-refractivity contribution in [2.75, 3.05) is 23.8 Å². The first-order valence-corrected chi connectivity index (χ1v) is 23.9. The zero-order valence-electron chi connectivity index (χ0n) is 37.7. The molecule has 0 aliphatic carbocycles. The number of aryl methyl sites for hydroxylation is 2. The van der Waals surface area contributed by atoms with Crippen LogP contribution in [0, 0.1) is 25.7 Å². The highest BCUT2D eigenvalue weighted by Crippen LogP contribution is 2.56. The third kappa shape index (κ3) is 12.3. The normalized spacial score (nSPS) is 20.7. The summed E-state index contributed by atoms with van der Waals surface area (Å²) in [4.78, 5) is 60.4. The second kappa shape index (κ2) is 24.0. The Kier molecular flexibility index (Phi) is 18.2. The number of ether oxygens (including phenoxy) is 2. The number of nitrogens with zero attached hydrogens (tertiary/aromatic N) is 2. The van der Waals surface area contributed by atoms with Crippen LogP contribution in [0.2, 0.25) is 10.0 Å². The molecule has 2 amide bonds.